The first-order valence-corrected chi connectivity index (χ1v) is 14.8. The van der Waals surface area contributed by atoms with E-state index in [1.165, 1.54) is 11.1 Å². The summed E-state index contributed by atoms with van der Waals surface area (Å²) in [5, 5.41) is 24.6. The summed E-state index contributed by atoms with van der Waals surface area (Å²) in [6, 6.07) is 12.0. The van der Waals surface area contributed by atoms with Crippen LogP contribution in [0.3, 0.4) is 0 Å². The van der Waals surface area contributed by atoms with E-state index in [1.807, 2.05) is 0 Å². The van der Waals surface area contributed by atoms with Crippen molar-refractivity contribution in [1.82, 2.24) is 14.8 Å². The Morgan fingerprint density at radius 1 is 1.05 bits per heavy atom. The van der Waals surface area contributed by atoms with Gasteiger partial charge in [-0.15, -0.1) is 0 Å². The summed E-state index contributed by atoms with van der Waals surface area (Å²) in [7, 11) is 0. The first kappa shape index (κ1) is 31.0. The Morgan fingerprint density at radius 3 is 2.26 bits per heavy atom. The molecule has 5 rings (SSSR count). The predicted molar refractivity (Wildman–Crippen MR) is 161 cm³/mol. The molecule has 2 aliphatic heterocycles. The minimum Gasteiger partial charge on any atom is -0.507 e. The lowest BCUT2D eigenvalue weighted by molar-refractivity contribution is -0.122. The van der Waals surface area contributed by atoms with E-state index < -0.39 is 46.2 Å². The van der Waals surface area contributed by atoms with Crippen molar-refractivity contribution in [2.24, 2.45) is 5.92 Å². The number of carbonyl (C=O) groups excluding carboxylic acids is 2. The van der Waals surface area contributed by atoms with Gasteiger partial charge >= 0.3 is 6.09 Å². The molecule has 3 heterocycles. The van der Waals surface area contributed by atoms with Crippen molar-refractivity contribution in [1.29, 1.82) is 0 Å². The number of aliphatic hydroxyl groups is 1. The van der Waals surface area contributed by atoms with Crippen LogP contribution in [0, 0.1) is 11.7 Å². The van der Waals surface area contributed by atoms with Crippen molar-refractivity contribution < 1.29 is 28.9 Å². The summed E-state index contributed by atoms with van der Waals surface area (Å²) in [5.74, 6) is -2.33. The summed E-state index contributed by atoms with van der Waals surface area (Å²) >= 11 is 12.3. The SMILES string of the molecule is CC(C)(C)OC(=O)N1CCC(C(C)(O)C2(c3ccc(Cl)cc3)c3c(F)ccc(O)c3C(=O)N2Cc2ccc(Cl)cn2)CC1. The van der Waals surface area contributed by atoms with E-state index in [1.54, 1.807) is 69.0 Å². The molecule has 2 aliphatic rings. The van der Waals surface area contributed by atoms with Crippen LogP contribution in [0.4, 0.5) is 9.18 Å². The number of phenolic OH excluding ortho intramolecular Hbond substituents is 1. The van der Waals surface area contributed by atoms with Crippen molar-refractivity contribution in [2.45, 2.75) is 63.8 Å². The molecule has 1 aromatic heterocycles. The fraction of sp³-hybridized carbons (Fsp3) is 0.406. The van der Waals surface area contributed by atoms with Gasteiger partial charge in [0.25, 0.3) is 5.91 Å². The number of benzene rings is 2. The summed E-state index contributed by atoms with van der Waals surface area (Å²) in [6.45, 7) is 7.41. The highest BCUT2D eigenvalue weighted by molar-refractivity contribution is 6.30. The van der Waals surface area contributed by atoms with Gasteiger partial charge in [-0.2, -0.15) is 0 Å². The quantitative estimate of drug-likeness (QED) is 0.333. The van der Waals surface area contributed by atoms with E-state index in [0.717, 1.165) is 12.1 Å². The van der Waals surface area contributed by atoms with Crippen LogP contribution in [0.2, 0.25) is 10.0 Å². The number of hydrogen-bond donors (Lipinski definition) is 2. The zero-order valence-corrected chi connectivity index (χ0v) is 25.9. The fourth-order valence-electron chi connectivity index (χ4n) is 6.47. The molecule has 1 fully saturated rings. The number of ether oxygens (including phenoxy) is 1. The highest BCUT2D eigenvalue weighted by atomic mass is 35.5. The number of likely N-dealkylation sites (tertiary alicyclic amines) is 1. The van der Waals surface area contributed by atoms with Crippen molar-refractivity contribution >= 4 is 35.2 Å². The minimum atomic E-state index is -1.82. The van der Waals surface area contributed by atoms with E-state index in [-0.39, 0.29) is 30.8 Å². The number of pyridine rings is 1. The number of aromatic nitrogens is 1. The van der Waals surface area contributed by atoms with E-state index in [2.05, 4.69) is 4.98 Å². The molecule has 0 spiro atoms. The maximum atomic E-state index is 16.2. The fourth-order valence-corrected chi connectivity index (χ4v) is 6.70. The topological polar surface area (TPSA) is 103 Å². The van der Waals surface area contributed by atoms with Crippen LogP contribution in [-0.2, 0) is 16.8 Å². The molecule has 2 atom stereocenters. The summed E-state index contributed by atoms with van der Waals surface area (Å²) in [4.78, 5) is 34.4. The summed E-state index contributed by atoms with van der Waals surface area (Å²) < 4.78 is 21.7. The number of nitrogens with zero attached hydrogens (tertiary/aromatic N) is 3. The van der Waals surface area contributed by atoms with E-state index in [0.29, 0.717) is 34.1 Å². The van der Waals surface area contributed by atoms with Gasteiger partial charge in [0.2, 0.25) is 0 Å². The number of amides is 2. The number of carbonyl (C=O) groups is 2. The predicted octanol–water partition coefficient (Wildman–Crippen LogP) is 6.53. The van der Waals surface area contributed by atoms with Gasteiger partial charge in [0.05, 0.1) is 28.4 Å². The first-order chi connectivity index (χ1) is 20.2. The Bertz CT molecular complexity index is 1530. The van der Waals surface area contributed by atoms with Gasteiger partial charge in [-0.3, -0.25) is 9.78 Å². The minimum absolute atomic E-state index is 0.126. The second-order valence-electron chi connectivity index (χ2n) is 12.3. The average Bonchev–Trinajstić information content (AvgIpc) is 3.22. The normalized spacial score (nSPS) is 20.6. The Hall–Kier alpha value is -3.40. The van der Waals surface area contributed by atoms with E-state index in [9.17, 15) is 19.8 Å². The first-order valence-electron chi connectivity index (χ1n) is 14.1. The summed E-state index contributed by atoms with van der Waals surface area (Å²) in [6.07, 6.45) is 1.68. The number of piperidine rings is 1. The molecule has 2 N–H and O–H groups in total. The van der Waals surface area contributed by atoms with Crippen molar-refractivity contribution in [3.8, 4) is 5.75 Å². The molecule has 0 bridgehead atoms. The maximum absolute atomic E-state index is 16.2. The number of phenols is 1. The molecular formula is C32H34Cl2FN3O5. The highest BCUT2D eigenvalue weighted by Crippen LogP contribution is 2.57. The molecule has 2 amide bonds. The number of aromatic hydroxyl groups is 1. The molecule has 11 heteroatoms. The molecular weight excluding hydrogens is 596 g/mol. The third-order valence-corrected chi connectivity index (χ3v) is 8.88. The Labute approximate surface area is 260 Å². The Morgan fingerprint density at radius 2 is 1.67 bits per heavy atom. The van der Waals surface area contributed by atoms with E-state index >= 15 is 4.39 Å². The van der Waals surface area contributed by atoms with Crippen LogP contribution in [0.15, 0.2) is 54.7 Å². The number of rotatable bonds is 5. The number of halogens is 3. The molecule has 1 saturated heterocycles. The van der Waals surface area contributed by atoms with Crippen LogP contribution in [0.25, 0.3) is 0 Å². The van der Waals surface area contributed by atoms with Gasteiger partial charge in [0, 0.05) is 29.9 Å². The Kier molecular flexibility index (Phi) is 8.13. The maximum Gasteiger partial charge on any atom is 0.410 e. The molecule has 3 aromatic rings. The second-order valence-corrected chi connectivity index (χ2v) is 13.2. The molecule has 0 saturated carbocycles. The summed E-state index contributed by atoms with van der Waals surface area (Å²) in [5.41, 5.74) is -3.80. The number of fused-ring (bicyclic) bond motifs is 1. The van der Waals surface area contributed by atoms with Gasteiger partial charge in [0.1, 0.15) is 22.7 Å². The lowest BCUT2D eigenvalue weighted by atomic mass is 9.63. The zero-order chi connectivity index (χ0) is 31.3. The standard InChI is InChI=1S/C32H34Cl2FN3O5/c1-30(2,3)43-29(41)37-15-13-19(14-16-37)31(4,42)32(20-5-7-21(33)8-6-20)27-24(35)11-12-25(39)26(27)28(40)38(32)18-23-10-9-22(34)17-36-23/h5-12,17,19,39,42H,13-16,18H2,1-4H3. The van der Waals surface area contributed by atoms with Gasteiger partial charge in [-0.1, -0.05) is 35.3 Å². The number of hydrogen-bond acceptors (Lipinski definition) is 6. The molecule has 2 unspecified atom stereocenters. The monoisotopic (exact) mass is 629 g/mol. The van der Waals surface area contributed by atoms with Gasteiger partial charge in [0.15, 0.2) is 0 Å². The van der Waals surface area contributed by atoms with Crippen molar-refractivity contribution in [3.63, 3.8) is 0 Å². The molecule has 8 nitrogen and oxygen atoms in total. The van der Waals surface area contributed by atoms with Crippen LogP contribution < -0.4 is 0 Å². The molecule has 2 aromatic carbocycles. The van der Waals surface area contributed by atoms with Gasteiger partial charge in [-0.05, 0) is 88.4 Å². The van der Waals surface area contributed by atoms with Crippen LogP contribution >= 0.6 is 23.2 Å². The smallest absolute Gasteiger partial charge is 0.410 e. The van der Waals surface area contributed by atoms with E-state index in [4.69, 9.17) is 27.9 Å². The Balaban J connectivity index is 1.67. The van der Waals surface area contributed by atoms with Crippen LogP contribution in [-0.4, -0.2) is 61.3 Å². The van der Waals surface area contributed by atoms with Crippen LogP contribution in [0.1, 0.15) is 67.7 Å². The van der Waals surface area contributed by atoms with Gasteiger partial charge in [-0.25, -0.2) is 9.18 Å². The second kappa shape index (κ2) is 11.3. The molecule has 43 heavy (non-hydrogen) atoms. The molecule has 0 aliphatic carbocycles. The average molecular weight is 631 g/mol. The highest BCUT2D eigenvalue weighted by Gasteiger charge is 2.65. The lowest BCUT2D eigenvalue weighted by Crippen LogP contribution is -2.64. The van der Waals surface area contributed by atoms with Gasteiger partial charge < -0.3 is 24.7 Å². The molecule has 0 radical (unpaired) electrons. The lowest BCUT2D eigenvalue weighted by Gasteiger charge is -2.53. The third kappa shape index (κ3) is 5.43. The van der Waals surface area contributed by atoms with Crippen molar-refractivity contribution in [2.75, 3.05) is 13.1 Å². The van der Waals surface area contributed by atoms with Crippen LogP contribution in [0.5, 0.6) is 5.75 Å². The van der Waals surface area contributed by atoms with Crippen molar-refractivity contribution in [3.05, 3.63) is 93.0 Å². The zero-order valence-electron chi connectivity index (χ0n) is 24.4. The largest absolute Gasteiger partial charge is 0.507 e. The molecule has 228 valence electrons. The third-order valence-electron chi connectivity index (χ3n) is 8.40.